The monoisotopic (exact) mass is 1090 g/mol. The Hall–Kier alpha value is -6.03. The molecule has 4 amide bonds. The minimum absolute atomic E-state index is 0.0852. The van der Waals surface area contributed by atoms with Crippen LogP contribution in [0.15, 0.2) is 61.2 Å². The van der Waals surface area contributed by atoms with E-state index in [0.29, 0.717) is 90.7 Å². The first-order valence-corrected chi connectivity index (χ1v) is 28.4. The highest BCUT2D eigenvalue weighted by molar-refractivity contribution is 5.91. The van der Waals surface area contributed by atoms with Crippen LogP contribution in [0.2, 0.25) is 0 Å². The zero-order chi connectivity index (χ0) is 55.6. The molecule has 6 unspecified atom stereocenters. The van der Waals surface area contributed by atoms with Crippen LogP contribution in [0.1, 0.15) is 87.5 Å². The van der Waals surface area contributed by atoms with E-state index >= 15 is 0 Å². The summed E-state index contributed by atoms with van der Waals surface area (Å²) in [5, 5.41) is 8.36. The van der Waals surface area contributed by atoms with E-state index < -0.39 is 11.7 Å². The van der Waals surface area contributed by atoms with Crippen molar-refractivity contribution in [3.8, 4) is 0 Å². The molecule has 0 radical (unpaired) electrons. The molecular weight excluding hydrogens is 1020 g/mol. The molecule has 8 fully saturated rings. The van der Waals surface area contributed by atoms with E-state index in [4.69, 9.17) is 9.47 Å². The molecule has 2 aromatic heterocycles. The number of aromatic nitrogens is 4. The highest BCUT2D eigenvalue weighted by Gasteiger charge is 2.47. The highest BCUT2D eigenvalue weighted by atomic mass is 19.4. The number of hydrogen-bond acceptors (Lipinski definition) is 12. The van der Waals surface area contributed by atoms with E-state index in [1.807, 2.05) is 22.9 Å². The standard InChI is InChI=1S/C29H37F3N6O3.C29H40N6O3/c1-18(39)35(3)26-11-33-37(15-26)28(40)36-13-20-8-25(9-21(20)14-36)34(2)12-19-4-5-22(10-27(19)29(30,31)32)38-23-6-7-24(38)17-41-16-23;1-19-9-21(5-8-28(19)35-24-6-7-25(35)18-38-17-24)13-31(3)26-10-22-14-33(15-23(22)11-26)29(37)34-16-27(12-30-34)32(4)20(2)36/h4-5,10-11,15,20-21,23-25H,6-9,12-14,16-17H2,1-3H3;5,8-9,12,16,22-26H,6-7,10-11,13-15,17-18H2,1-4H3/t20-,21+,23?,24?,25?;22-,23+,24?,25?,26?. The first kappa shape index (κ1) is 54.9. The van der Waals surface area contributed by atoms with Crippen molar-refractivity contribution >= 4 is 46.6 Å². The number of ether oxygens (including phenoxy) is 2. The van der Waals surface area contributed by atoms with E-state index in [1.54, 1.807) is 43.7 Å². The van der Waals surface area contributed by atoms with Gasteiger partial charge in [-0.25, -0.2) is 9.59 Å². The van der Waals surface area contributed by atoms with Crippen LogP contribution < -0.4 is 19.6 Å². The molecule has 12 rings (SSSR count). The Labute approximate surface area is 461 Å². The number of anilines is 4. The van der Waals surface area contributed by atoms with Crippen LogP contribution in [-0.2, 0) is 38.3 Å². The number of carbonyl (C=O) groups is 4. The van der Waals surface area contributed by atoms with E-state index in [1.165, 1.54) is 74.9 Å². The number of rotatable bonds is 10. The summed E-state index contributed by atoms with van der Waals surface area (Å²) in [7, 11) is 7.47. The Morgan fingerprint density at radius 1 is 0.608 bits per heavy atom. The number of nitrogens with zero attached hydrogens (tertiary/aromatic N) is 12. The van der Waals surface area contributed by atoms with Crippen molar-refractivity contribution < 1.29 is 41.8 Å². The summed E-state index contributed by atoms with van der Waals surface area (Å²) in [5.41, 5.74) is 5.67. The molecule has 2 saturated carbocycles. The minimum Gasteiger partial charge on any atom is -0.377 e. The number of morpholine rings is 2. The molecule has 0 spiro atoms. The third-order valence-corrected chi connectivity index (χ3v) is 19.1. The molecule has 4 bridgehead atoms. The van der Waals surface area contributed by atoms with Gasteiger partial charge in [-0.15, -0.1) is 0 Å². The van der Waals surface area contributed by atoms with Crippen LogP contribution in [0.5, 0.6) is 0 Å². The van der Waals surface area contributed by atoms with E-state index in [-0.39, 0.29) is 48.5 Å². The average molecular weight is 1100 g/mol. The molecule has 4 aromatic rings. The van der Waals surface area contributed by atoms with Crippen LogP contribution in [-0.4, -0.2) is 180 Å². The molecule has 426 valence electrons. The average Bonchev–Trinajstić information content (AvgIpc) is 4.37. The number of fused-ring (bicyclic) bond motifs is 6. The topological polar surface area (TPSA) is 148 Å². The van der Waals surface area contributed by atoms with E-state index in [2.05, 4.69) is 57.1 Å². The van der Waals surface area contributed by atoms with Crippen molar-refractivity contribution in [2.75, 3.05) is 100 Å². The maximum absolute atomic E-state index is 14.2. The number of amides is 4. The van der Waals surface area contributed by atoms with Gasteiger partial charge in [-0.05, 0) is 131 Å². The third-order valence-electron chi connectivity index (χ3n) is 19.1. The predicted molar refractivity (Wildman–Crippen MR) is 293 cm³/mol. The molecule has 6 saturated heterocycles. The molecule has 21 heteroatoms. The molecule has 0 N–H and O–H groups in total. The second-order valence-corrected chi connectivity index (χ2v) is 24.1. The lowest BCUT2D eigenvalue weighted by Crippen LogP contribution is -2.46. The summed E-state index contributed by atoms with van der Waals surface area (Å²) in [5.74, 6) is 1.41. The van der Waals surface area contributed by atoms with Gasteiger partial charge in [0.25, 0.3) is 0 Å². The fraction of sp³-hybridized carbons (Fsp3) is 0.621. The van der Waals surface area contributed by atoms with Crippen LogP contribution >= 0.6 is 0 Å². The summed E-state index contributed by atoms with van der Waals surface area (Å²) in [6.07, 6.45) is 10.1. The van der Waals surface area contributed by atoms with Gasteiger partial charge in [0.15, 0.2) is 0 Å². The van der Waals surface area contributed by atoms with Crippen molar-refractivity contribution in [3.05, 3.63) is 83.4 Å². The molecule has 2 aliphatic carbocycles. The van der Waals surface area contributed by atoms with Gasteiger partial charge in [0.05, 0.1) is 92.3 Å². The quantitative estimate of drug-likeness (QED) is 0.156. The minimum atomic E-state index is -4.43. The predicted octanol–water partition coefficient (Wildman–Crippen LogP) is 7.42. The molecule has 8 aliphatic rings. The van der Waals surface area contributed by atoms with Gasteiger partial charge in [-0.1, -0.05) is 18.2 Å². The lowest BCUT2D eigenvalue weighted by molar-refractivity contribution is -0.138. The summed E-state index contributed by atoms with van der Waals surface area (Å²) < 4.78 is 56.8. The van der Waals surface area contributed by atoms with Gasteiger partial charge in [0.2, 0.25) is 11.8 Å². The number of aryl methyl sites for hydroxylation is 1. The van der Waals surface area contributed by atoms with Gasteiger partial charge in [-0.2, -0.15) is 32.7 Å². The van der Waals surface area contributed by atoms with Crippen molar-refractivity contribution in [2.45, 2.75) is 128 Å². The van der Waals surface area contributed by atoms with Crippen molar-refractivity contribution in [1.29, 1.82) is 0 Å². The van der Waals surface area contributed by atoms with Crippen LogP contribution in [0, 0.1) is 30.6 Å². The molecule has 10 atom stereocenters. The van der Waals surface area contributed by atoms with Crippen LogP contribution in [0.25, 0.3) is 0 Å². The molecule has 6 aliphatic heterocycles. The Balaban J connectivity index is 0.000000168. The number of benzene rings is 2. The number of carbonyl (C=O) groups excluding carboxylic acids is 4. The summed E-state index contributed by atoms with van der Waals surface area (Å²) in [4.78, 5) is 65.3. The van der Waals surface area contributed by atoms with Gasteiger partial charge in [0.1, 0.15) is 0 Å². The van der Waals surface area contributed by atoms with Crippen LogP contribution in [0.3, 0.4) is 0 Å². The normalized spacial score (nSPS) is 27.9. The summed E-state index contributed by atoms with van der Waals surface area (Å²) in [6.45, 7) is 11.9. The van der Waals surface area contributed by atoms with Gasteiger partial charge < -0.3 is 38.9 Å². The lowest BCUT2D eigenvalue weighted by atomic mass is 10.0. The number of halogens is 3. The fourth-order valence-corrected chi connectivity index (χ4v) is 14.5. The fourth-order valence-electron chi connectivity index (χ4n) is 14.5. The number of likely N-dealkylation sites (tertiary alicyclic amines) is 2. The van der Waals surface area contributed by atoms with Gasteiger partial charge in [-0.3, -0.25) is 19.4 Å². The first-order chi connectivity index (χ1) is 37.8. The lowest BCUT2D eigenvalue weighted by Gasteiger charge is -2.37. The molecule has 18 nitrogen and oxygen atoms in total. The Kier molecular flexibility index (Phi) is 15.4. The Bertz CT molecular complexity index is 2850. The Morgan fingerprint density at radius 3 is 1.48 bits per heavy atom. The van der Waals surface area contributed by atoms with Crippen molar-refractivity contribution in [2.24, 2.45) is 23.7 Å². The van der Waals surface area contributed by atoms with Gasteiger partial charge >= 0.3 is 18.2 Å². The summed E-state index contributed by atoms with van der Waals surface area (Å²) in [6, 6.07) is 13.6. The zero-order valence-corrected chi connectivity index (χ0v) is 46.7. The largest absolute Gasteiger partial charge is 0.416 e. The maximum atomic E-state index is 14.2. The molecular formula is C58H77F3N12O6. The molecule has 2 aromatic carbocycles. The SMILES string of the molecule is CC(=O)N(C)c1cnn(C(=O)N2C[C@H]3CC(N(C)Cc4ccc(N5C6CCC5COC6)c(C)c4)C[C@H]3C2)c1.CC(=O)N(C)c1cnn(C(=O)N2C[C@H]3CC(N(C)Cc4ccc(N5C6CCC5COC6)cc4C(F)(F)F)C[C@H]3C2)c1. The van der Waals surface area contributed by atoms with Crippen LogP contribution in [0.4, 0.5) is 45.5 Å². The zero-order valence-electron chi connectivity index (χ0n) is 46.7. The molecule has 79 heavy (non-hydrogen) atoms. The second-order valence-electron chi connectivity index (χ2n) is 24.1. The second kappa shape index (κ2) is 22.1. The number of hydrogen-bond donors (Lipinski definition) is 0. The number of alkyl halides is 3. The Morgan fingerprint density at radius 2 is 1.05 bits per heavy atom. The van der Waals surface area contributed by atoms with E-state index in [9.17, 15) is 32.3 Å². The highest BCUT2D eigenvalue weighted by Crippen LogP contribution is 2.44. The molecule has 8 heterocycles. The summed E-state index contributed by atoms with van der Waals surface area (Å²) >= 11 is 0. The third kappa shape index (κ3) is 11.1. The first-order valence-electron chi connectivity index (χ1n) is 28.4. The van der Waals surface area contributed by atoms with Crippen molar-refractivity contribution in [3.63, 3.8) is 0 Å². The van der Waals surface area contributed by atoms with Crippen molar-refractivity contribution in [1.82, 2.24) is 39.2 Å². The smallest absolute Gasteiger partial charge is 0.377 e. The maximum Gasteiger partial charge on any atom is 0.416 e. The van der Waals surface area contributed by atoms with E-state index in [0.717, 1.165) is 71.4 Å². The van der Waals surface area contributed by atoms with Gasteiger partial charge in [0, 0.05) is 90.7 Å².